The molecule has 0 aliphatic carbocycles. The quantitative estimate of drug-likeness (QED) is 0.714. The van der Waals surface area contributed by atoms with Crippen molar-refractivity contribution in [2.24, 2.45) is 0 Å². The summed E-state index contributed by atoms with van der Waals surface area (Å²) in [5.41, 5.74) is 4.87. The van der Waals surface area contributed by atoms with E-state index in [9.17, 15) is 4.79 Å². The molecule has 0 bridgehead atoms. The van der Waals surface area contributed by atoms with Crippen molar-refractivity contribution in [2.45, 2.75) is 13.8 Å². The summed E-state index contributed by atoms with van der Waals surface area (Å²) in [5.74, 6) is 0. The lowest BCUT2D eigenvalue weighted by atomic mass is 10.0. The number of carbonyl (C=O) groups is 1. The van der Waals surface area contributed by atoms with Gasteiger partial charge >= 0.3 is 0 Å². The van der Waals surface area contributed by atoms with Crippen molar-refractivity contribution in [1.82, 2.24) is 4.98 Å². The third-order valence-electron chi connectivity index (χ3n) is 2.64. The van der Waals surface area contributed by atoms with E-state index in [4.69, 9.17) is 0 Å². The molecule has 0 amide bonds. The fourth-order valence-electron chi connectivity index (χ4n) is 1.67. The standard InChI is InChI=1S/C14H13NO/c1-10-3-4-12(8-14(10)9-16)13-5-6-15-11(2)7-13/h3-9H,1-2H3. The van der Waals surface area contributed by atoms with Crippen LogP contribution in [0.2, 0.25) is 0 Å². The zero-order valence-corrected chi connectivity index (χ0v) is 9.40. The predicted octanol–water partition coefficient (Wildman–Crippen LogP) is 3.18. The van der Waals surface area contributed by atoms with Gasteiger partial charge in [-0.2, -0.15) is 0 Å². The van der Waals surface area contributed by atoms with E-state index >= 15 is 0 Å². The van der Waals surface area contributed by atoms with E-state index in [1.807, 2.05) is 44.2 Å². The number of aldehydes is 1. The summed E-state index contributed by atoms with van der Waals surface area (Å²) >= 11 is 0. The van der Waals surface area contributed by atoms with Crippen LogP contribution < -0.4 is 0 Å². The van der Waals surface area contributed by atoms with Crippen molar-refractivity contribution in [3.8, 4) is 11.1 Å². The molecule has 2 heteroatoms. The van der Waals surface area contributed by atoms with Crippen LogP contribution >= 0.6 is 0 Å². The van der Waals surface area contributed by atoms with E-state index in [-0.39, 0.29) is 0 Å². The van der Waals surface area contributed by atoms with Gasteiger partial charge in [0.15, 0.2) is 0 Å². The summed E-state index contributed by atoms with van der Waals surface area (Å²) in [6.07, 6.45) is 2.68. The first-order valence-corrected chi connectivity index (χ1v) is 5.19. The number of carbonyl (C=O) groups excluding carboxylic acids is 1. The van der Waals surface area contributed by atoms with E-state index in [0.717, 1.165) is 34.2 Å². The van der Waals surface area contributed by atoms with Crippen molar-refractivity contribution in [3.63, 3.8) is 0 Å². The summed E-state index contributed by atoms with van der Waals surface area (Å²) in [4.78, 5) is 15.0. The highest BCUT2D eigenvalue weighted by molar-refractivity contribution is 5.81. The maximum Gasteiger partial charge on any atom is 0.150 e. The predicted molar refractivity (Wildman–Crippen MR) is 64.5 cm³/mol. The lowest BCUT2D eigenvalue weighted by molar-refractivity contribution is 0.112. The molecule has 0 saturated heterocycles. The minimum absolute atomic E-state index is 0.743. The van der Waals surface area contributed by atoms with E-state index in [1.54, 1.807) is 6.20 Å². The minimum atomic E-state index is 0.743. The maximum atomic E-state index is 10.9. The topological polar surface area (TPSA) is 30.0 Å². The second-order valence-electron chi connectivity index (χ2n) is 3.88. The molecular formula is C14H13NO. The van der Waals surface area contributed by atoms with Gasteiger partial charge < -0.3 is 0 Å². The number of pyridine rings is 1. The number of aryl methyl sites for hydroxylation is 2. The Hall–Kier alpha value is -1.96. The Morgan fingerprint density at radius 1 is 1.06 bits per heavy atom. The van der Waals surface area contributed by atoms with Gasteiger partial charge in [-0.25, -0.2) is 0 Å². The number of benzene rings is 1. The molecule has 0 aliphatic heterocycles. The molecular weight excluding hydrogens is 198 g/mol. The van der Waals surface area contributed by atoms with E-state index in [1.165, 1.54) is 0 Å². The largest absolute Gasteiger partial charge is 0.298 e. The molecule has 2 rings (SSSR count). The Bertz CT molecular complexity index is 532. The molecule has 0 unspecified atom stereocenters. The Balaban J connectivity index is 2.52. The molecule has 1 aromatic carbocycles. The Morgan fingerprint density at radius 2 is 1.81 bits per heavy atom. The van der Waals surface area contributed by atoms with Gasteiger partial charge in [-0.3, -0.25) is 9.78 Å². The van der Waals surface area contributed by atoms with Gasteiger partial charge in [-0.05, 0) is 48.7 Å². The van der Waals surface area contributed by atoms with Crippen LogP contribution in [-0.2, 0) is 0 Å². The number of nitrogens with zero attached hydrogens (tertiary/aromatic N) is 1. The van der Waals surface area contributed by atoms with Gasteiger partial charge in [0, 0.05) is 17.5 Å². The lowest BCUT2D eigenvalue weighted by Gasteiger charge is -2.05. The van der Waals surface area contributed by atoms with Gasteiger partial charge in [0.05, 0.1) is 0 Å². The highest BCUT2D eigenvalue weighted by Crippen LogP contribution is 2.21. The van der Waals surface area contributed by atoms with E-state index in [2.05, 4.69) is 4.98 Å². The first kappa shape index (κ1) is 10.6. The third kappa shape index (κ3) is 2.01. The second-order valence-corrected chi connectivity index (χ2v) is 3.88. The van der Waals surface area contributed by atoms with Crippen LogP contribution in [0.25, 0.3) is 11.1 Å². The van der Waals surface area contributed by atoms with Crippen LogP contribution in [0.3, 0.4) is 0 Å². The van der Waals surface area contributed by atoms with Crippen LogP contribution in [-0.4, -0.2) is 11.3 Å². The summed E-state index contributed by atoms with van der Waals surface area (Å²) < 4.78 is 0. The van der Waals surface area contributed by atoms with Gasteiger partial charge in [0.25, 0.3) is 0 Å². The second kappa shape index (κ2) is 4.27. The molecule has 0 fully saturated rings. The van der Waals surface area contributed by atoms with Crippen LogP contribution in [0, 0.1) is 13.8 Å². The maximum absolute atomic E-state index is 10.9. The third-order valence-corrected chi connectivity index (χ3v) is 2.64. The molecule has 2 nitrogen and oxygen atoms in total. The molecule has 0 atom stereocenters. The van der Waals surface area contributed by atoms with Crippen LogP contribution in [0.15, 0.2) is 36.5 Å². The van der Waals surface area contributed by atoms with Gasteiger partial charge in [-0.1, -0.05) is 12.1 Å². The number of hydrogen-bond acceptors (Lipinski definition) is 2. The molecule has 0 saturated carbocycles. The monoisotopic (exact) mass is 211 g/mol. The van der Waals surface area contributed by atoms with Crippen LogP contribution in [0.1, 0.15) is 21.6 Å². The van der Waals surface area contributed by atoms with Gasteiger partial charge in [0.2, 0.25) is 0 Å². The van der Waals surface area contributed by atoms with Crippen molar-refractivity contribution in [2.75, 3.05) is 0 Å². The van der Waals surface area contributed by atoms with Gasteiger partial charge in [0.1, 0.15) is 6.29 Å². The molecule has 0 N–H and O–H groups in total. The minimum Gasteiger partial charge on any atom is -0.298 e. The smallest absolute Gasteiger partial charge is 0.150 e. The van der Waals surface area contributed by atoms with Crippen molar-refractivity contribution in [3.05, 3.63) is 53.3 Å². The summed E-state index contributed by atoms with van der Waals surface area (Å²) in [6, 6.07) is 9.87. The molecule has 1 heterocycles. The first-order valence-electron chi connectivity index (χ1n) is 5.19. The van der Waals surface area contributed by atoms with Gasteiger partial charge in [-0.15, -0.1) is 0 Å². The fourth-order valence-corrected chi connectivity index (χ4v) is 1.67. The van der Waals surface area contributed by atoms with Crippen molar-refractivity contribution in [1.29, 1.82) is 0 Å². The highest BCUT2D eigenvalue weighted by Gasteiger charge is 2.02. The number of rotatable bonds is 2. The molecule has 0 aliphatic rings. The van der Waals surface area contributed by atoms with E-state index in [0.29, 0.717) is 0 Å². The van der Waals surface area contributed by atoms with Crippen LogP contribution in [0.5, 0.6) is 0 Å². The number of aromatic nitrogens is 1. The van der Waals surface area contributed by atoms with Crippen molar-refractivity contribution >= 4 is 6.29 Å². The van der Waals surface area contributed by atoms with Crippen molar-refractivity contribution < 1.29 is 4.79 Å². The normalized spacial score (nSPS) is 10.1. The fraction of sp³-hybridized carbons (Fsp3) is 0.143. The Morgan fingerprint density at radius 3 is 2.50 bits per heavy atom. The van der Waals surface area contributed by atoms with E-state index < -0.39 is 0 Å². The SMILES string of the molecule is Cc1cc(-c2ccc(C)c(C=O)c2)ccn1. The first-order chi connectivity index (χ1) is 7.70. The molecule has 0 spiro atoms. The molecule has 0 radical (unpaired) electrons. The molecule has 2 aromatic rings. The summed E-state index contributed by atoms with van der Waals surface area (Å²) in [5, 5.41) is 0. The molecule has 1 aromatic heterocycles. The Labute approximate surface area is 95.0 Å². The highest BCUT2D eigenvalue weighted by atomic mass is 16.1. The summed E-state index contributed by atoms with van der Waals surface area (Å²) in [7, 11) is 0. The molecule has 16 heavy (non-hydrogen) atoms. The zero-order valence-electron chi connectivity index (χ0n) is 9.40. The average molecular weight is 211 g/mol. The average Bonchev–Trinajstić information content (AvgIpc) is 2.29. The summed E-state index contributed by atoms with van der Waals surface area (Å²) in [6.45, 7) is 3.89. The Kier molecular flexibility index (Phi) is 2.82. The zero-order chi connectivity index (χ0) is 11.5. The lowest BCUT2D eigenvalue weighted by Crippen LogP contribution is -1.88. The van der Waals surface area contributed by atoms with Crippen LogP contribution in [0.4, 0.5) is 0 Å². The number of hydrogen-bond donors (Lipinski definition) is 0. The molecule has 80 valence electrons.